The lowest BCUT2D eigenvalue weighted by atomic mass is 9.95. The largest absolute Gasteiger partial charge is 0.426 e. The zero-order valence-corrected chi connectivity index (χ0v) is 11.6. The maximum atomic E-state index is 12.6. The standard InChI is InChI=1S/C12H18F6N2O/c1-9(19-20-6-4-2-3-5-7-20)8-10(21,11(13,14)15)12(16,17)18/h21H,2-8H2,1H3/b19-9+. The average Bonchev–Trinajstić information content (AvgIpc) is 2.54. The highest BCUT2D eigenvalue weighted by atomic mass is 19.4. The van der Waals surface area contributed by atoms with Crippen molar-refractivity contribution in [1.29, 1.82) is 0 Å². The van der Waals surface area contributed by atoms with Crippen LogP contribution in [-0.4, -0.2) is 46.9 Å². The van der Waals surface area contributed by atoms with E-state index in [1.807, 2.05) is 0 Å². The molecule has 21 heavy (non-hydrogen) atoms. The minimum atomic E-state index is -5.80. The van der Waals surface area contributed by atoms with Gasteiger partial charge in [-0.05, 0) is 19.8 Å². The molecule has 0 aliphatic carbocycles. The van der Waals surface area contributed by atoms with Gasteiger partial charge in [-0.1, -0.05) is 12.8 Å². The molecule has 1 rings (SSSR count). The number of rotatable bonds is 3. The second-order valence-electron chi connectivity index (χ2n) is 5.24. The van der Waals surface area contributed by atoms with Crippen LogP contribution in [0.3, 0.4) is 0 Å². The summed E-state index contributed by atoms with van der Waals surface area (Å²) in [5.74, 6) is 0. The molecule has 0 aromatic carbocycles. The molecule has 1 fully saturated rings. The van der Waals surface area contributed by atoms with E-state index < -0.39 is 30.1 Å². The van der Waals surface area contributed by atoms with Gasteiger partial charge in [-0.2, -0.15) is 31.4 Å². The second-order valence-corrected chi connectivity index (χ2v) is 5.24. The predicted molar refractivity (Wildman–Crippen MR) is 64.8 cm³/mol. The summed E-state index contributed by atoms with van der Waals surface area (Å²) in [5.41, 5.74) is -5.16. The number of nitrogens with zero attached hydrogens (tertiary/aromatic N) is 2. The topological polar surface area (TPSA) is 35.8 Å². The van der Waals surface area contributed by atoms with Crippen molar-refractivity contribution in [3.05, 3.63) is 0 Å². The lowest BCUT2D eigenvalue weighted by molar-refractivity contribution is -0.365. The lowest BCUT2D eigenvalue weighted by Gasteiger charge is -2.32. The molecule has 0 atom stereocenters. The van der Waals surface area contributed by atoms with Crippen LogP contribution < -0.4 is 0 Å². The minimum absolute atomic E-state index is 0.394. The Morgan fingerprint density at radius 2 is 1.38 bits per heavy atom. The summed E-state index contributed by atoms with van der Waals surface area (Å²) in [6.45, 7) is 2.05. The molecule has 1 aliphatic heterocycles. The van der Waals surface area contributed by atoms with Gasteiger partial charge in [0, 0.05) is 25.2 Å². The molecule has 0 unspecified atom stereocenters. The first kappa shape index (κ1) is 18.1. The smallest absolute Gasteiger partial charge is 0.373 e. The van der Waals surface area contributed by atoms with Gasteiger partial charge in [-0.3, -0.25) is 5.01 Å². The average molecular weight is 320 g/mol. The van der Waals surface area contributed by atoms with Gasteiger partial charge < -0.3 is 5.11 Å². The predicted octanol–water partition coefficient (Wildman–Crippen LogP) is 3.48. The number of halogens is 6. The molecular weight excluding hydrogens is 302 g/mol. The van der Waals surface area contributed by atoms with E-state index in [4.69, 9.17) is 5.11 Å². The molecule has 0 saturated carbocycles. The van der Waals surface area contributed by atoms with Crippen LogP contribution >= 0.6 is 0 Å². The van der Waals surface area contributed by atoms with Crippen molar-refractivity contribution in [2.45, 2.75) is 57.0 Å². The van der Waals surface area contributed by atoms with E-state index in [0.717, 1.165) is 32.6 Å². The van der Waals surface area contributed by atoms with Crippen LogP contribution in [0.1, 0.15) is 39.0 Å². The lowest BCUT2D eigenvalue weighted by Crippen LogP contribution is -2.57. The monoisotopic (exact) mass is 320 g/mol. The Morgan fingerprint density at radius 1 is 0.952 bits per heavy atom. The summed E-state index contributed by atoms with van der Waals surface area (Å²) in [7, 11) is 0. The molecule has 1 N–H and O–H groups in total. The van der Waals surface area contributed by atoms with Crippen LogP contribution in [0.5, 0.6) is 0 Å². The summed E-state index contributed by atoms with van der Waals surface area (Å²) in [5, 5.41) is 14.4. The zero-order valence-electron chi connectivity index (χ0n) is 11.6. The Labute approximate surface area is 118 Å². The Kier molecular flexibility index (Phi) is 5.51. The SMILES string of the molecule is C/C(CC(O)(C(F)(F)F)C(F)(F)F)=N\N1CCCCCC1. The van der Waals surface area contributed by atoms with E-state index in [9.17, 15) is 26.3 Å². The molecule has 1 saturated heterocycles. The van der Waals surface area contributed by atoms with Gasteiger partial charge in [-0.15, -0.1) is 0 Å². The van der Waals surface area contributed by atoms with Crippen molar-refractivity contribution in [2.75, 3.05) is 13.1 Å². The molecular formula is C12H18F6N2O. The van der Waals surface area contributed by atoms with Crippen molar-refractivity contribution in [3.8, 4) is 0 Å². The molecule has 0 amide bonds. The first-order valence-corrected chi connectivity index (χ1v) is 6.62. The van der Waals surface area contributed by atoms with E-state index in [2.05, 4.69) is 5.10 Å². The maximum Gasteiger partial charge on any atom is 0.426 e. The normalized spacial score (nSPS) is 19.6. The van der Waals surface area contributed by atoms with Crippen LogP contribution in [-0.2, 0) is 0 Å². The van der Waals surface area contributed by atoms with E-state index in [0.29, 0.717) is 13.1 Å². The number of alkyl halides is 6. The summed E-state index contributed by atoms with van der Waals surface area (Å²) in [6.07, 6.45) is -9.72. The summed E-state index contributed by atoms with van der Waals surface area (Å²) in [6, 6.07) is 0. The van der Waals surface area contributed by atoms with Crippen LogP contribution in [0.15, 0.2) is 5.10 Å². The maximum absolute atomic E-state index is 12.6. The fourth-order valence-corrected chi connectivity index (χ4v) is 2.16. The molecule has 3 nitrogen and oxygen atoms in total. The van der Waals surface area contributed by atoms with Crippen molar-refractivity contribution >= 4 is 5.71 Å². The molecule has 1 aliphatic rings. The zero-order chi connectivity index (χ0) is 16.3. The van der Waals surface area contributed by atoms with E-state index in [1.165, 1.54) is 5.01 Å². The van der Waals surface area contributed by atoms with E-state index in [1.54, 1.807) is 0 Å². The van der Waals surface area contributed by atoms with Gasteiger partial charge in [0.15, 0.2) is 0 Å². The second kappa shape index (κ2) is 6.41. The van der Waals surface area contributed by atoms with E-state index >= 15 is 0 Å². The third-order valence-corrected chi connectivity index (χ3v) is 3.34. The summed E-state index contributed by atoms with van der Waals surface area (Å²) < 4.78 is 75.4. The quantitative estimate of drug-likeness (QED) is 0.638. The number of aliphatic hydroxyl groups is 1. The minimum Gasteiger partial charge on any atom is -0.373 e. The van der Waals surface area contributed by atoms with Gasteiger partial charge in [0.2, 0.25) is 0 Å². The molecule has 124 valence electrons. The van der Waals surface area contributed by atoms with Crippen LogP contribution in [0, 0.1) is 0 Å². The molecule has 1 heterocycles. The Morgan fingerprint density at radius 3 is 1.76 bits per heavy atom. The van der Waals surface area contributed by atoms with Gasteiger partial charge in [0.25, 0.3) is 5.60 Å². The first-order chi connectivity index (χ1) is 9.47. The highest BCUT2D eigenvalue weighted by molar-refractivity contribution is 5.82. The molecule has 0 aromatic rings. The molecule has 0 spiro atoms. The summed E-state index contributed by atoms with van der Waals surface area (Å²) >= 11 is 0. The highest BCUT2D eigenvalue weighted by Crippen LogP contribution is 2.45. The highest BCUT2D eigenvalue weighted by Gasteiger charge is 2.70. The van der Waals surface area contributed by atoms with Crippen LogP contribution in [0.25, 0.3) is 0 Å². The van der Waals surface area contributed by atoms with Crippen LogP contribution in [0.2, 0.25) is 0 Å². The number of hydrogen-bond acceptors (Lipinski definition) is 3. The third-order valence-electron chi connectivity index (χ3n) is 3.34. The molecule has 0 aromatic heterocycles. The first-order valence-electron chi connectivity index (χ1n) is 6.62. The van der Waals surface area contributed by atoms with Crippen LogP contribution in [0.4, 0.5) is 26.3 Å². The Bertz CT molecular complexity index is 355. The van der Waals surface area contributed by atoms with Crippen molar-refractivity contribution < 1.29 is 31.4 Å². The van der Waals surface area contributed by atoms with Crippen molar-refractivity contribution in [2.24, 2.45) is 5.10 Å². The number of hydrazone groups is 1. The van der Waals surface area contributed by atoms with Gasteiger partial charge in [-0.25, -0.2) is 0 Å². The molecule has 9 heteroatoms. The van der Waals surface area contributed by atoms with Crippen molar-refractivity contribution in [1.82, 2.24) is 5.01 Å². The fourth-order valence-electron chi connectivity index (χ4n) is 2.16. The van der Waals surface area contributed by atoms with Gasteiger partial charge in [0.05, 0.1) is 0 Å². The molecule has 0 radical (unpaired) electrons. The third kappa shape index (κ3) is 4.49. The Balaban J connectivity index is 2.88. The number of hydrogen-bond donors (Lipinski definition) is 1. The van der Waals surface area contributed by atoms with Gasteiger partial charge in [0.1, 0.15) is 0 Å². The van der Waals surface area contributed by atoms with Crippen molar-refractivity contribution in [3.63, 3.8) is 0 Å². The van der Waals surface area contributed by atoms with E-state index in [-0.39, 0.29) is 0 Å². The van der Waals surface area contributed by atoms with Gasteiger partial charge >= 0.3 is 12.4 Å². The Hall–Kier alpha value is -0.990. The fraction of sp³-hybridized carbons (Fsp3) is 0.917. The molecule has 0 bridgehead atoms. The summed E-state index contributed by atoms with van der Waals surface area (Å²) in [4.78, 5) is 0.